The molecule has 0 spiro atoms. The topological polar surface area (TPSA) is 67.4 Å². The Bertz CT molecular complexity index is 615. The van der Waals surface area contributed by atoms with Gasteiger partial charge >= 0.3 is 0 Å². The van der Waals surface area contributed by atoms with Crippen LogP contribution in [0.2, 0.25) is 0 Å². The van der Waals surface area contributed by atoms with Crippen LogP contribution in [0, 0.1) is 5.92 Å². The predicted molar refractivity (Wildman–Crippen MR) is 106 cm³/mol. The number of nitrogens with one attached hydrogen (secondary N) is 2. The van der Waals surface area contributed by atoms with Gasteiger partial charge < -0.3 is 29.7 Å². The second-order valence-electron chi connectivity index (χ2n) is 7.04. The van der Waals surface area contributed by atoms with Gasteiger partial charge in [-0.1, -0.05) is 6.07 Å². The fourth-order valence-electron chi connectivity index (χ4n) is 3.43. The van der Waals surface area contributed by atoms with Crippen LogP contribution in [-0.2, 0) is 11.3 Å². The van der Waals surface area contributed by atoms with E-state index in [4.69, 9.17) is 19.2 Å². The molecule has 7 nitrogen and oxygen atoms in total. The summed E-state index contributed by atoms with van der Waals surface area (Å²) in [5.74, 6) is 3.18. The van der Waals surface area contributed by atoms with Gasteiger partial charge in [-0.25, -0.2) is 4.99 Å². The number of nitrogens with zero attached hydrogens (tertiary/aromatic N) is 2. The first-order valence-corrected chi connectivity index (χ1v) is 9.90. The van der Waals surface area contributed by atoms with Crippen LogP contribution in [0.15, 0.2) is 23.2 Å². The lowest BCUT2D eigenvalue weighted by Gasteiger charge is -2.32. The molecule has 2 aliphatic rings. The fraction of sp³-hybridized carbons (Fsp3) is 0.650. The summed E-state index contributed by atoms with van der Waals surface area (Å²) in [7, 11) is 1.77. The molecule has 0 aliphatic carbocycles. The van der Waals surface area contributed by atoms with Crippen LogP contribution < -0.4 is 20.1 Å². The lowest BCUT2D eigenvalue weighted by Crippen LogP contribution is -2.43. The Hall–Kier alpha value is -1.99. The number of hydrogen-bond donors (Lipinski definition) is 2. The van der Waals surface area contributed by atoms with Crippen molar-refractivity contribution in [2.24, 2.45) is 10.9 Å². The van der Waals surface area contributed by atoms with Gasteiger partial charge in [0, 0.05) is 26.7 Å². The summed E-state index contributed by atoms with van der Waals surface area (Å²) in [6, 6.07) is 5.99. The number of rotatable bonds is 8. The van der Waals surface area contributed by atoms with E-state index in [2.05, 4.69) is 22.5 Å². The summed E-state index contributed by atoms with van der Waals surface area (Å²) in [4.78, 5) is 7.21. The molecule has 2 aliphatic heterocycles. The molecule has 27 heavy (non-hydrogen) atoms. The molecule has 1 saturated heterocycles. The second kappa shape index (κ2) is 10.4. The van der Waals surface area contributed by atoms with Crippen molar-refractivity contribution in [3.05, 3.63) is 23.8 Å². The third-order valence-corrected chi connectivity index (χ3v) is 5.08. The molecule has 1 fully saturated rings. The molecule has 2 N–H and O–H groups in total. The van der Waals surface area contributed by atoms with Crippen LogP contribution in [0.1, 0.15) is 25.3 Å². The van der Waals surface area contributed by atoms with Crippen LogP contribution in [0.5, 0.6) is 11.5 Å². The largest absolute Gasteiger partial charge is 0.454 e. The van der Waals surface area contributed by atoms with Crippen LogP contribution in [0.4, 0.5) is 0 Å². The average Bonchev–Trinajstić information content (AvgIpc) is 3.17. The summed E-state index contributed by atoms with van der Waals surface area (Å²) < 4.78 is 16.0. The van der Waals surface area contributed by atoms with Gasteiger partial charge in [-0.15, -0.1) is 0 Å². The summed E-state index contributed by atoms with van der Waals surface area (Å²) in [6.45, 7) is 8.98. The highest BCUT2D eigenvalue weighted by atomic mass is 16.7. The molecule has 0 atom stereocenters. The van der Waals surface area contributed by atoms with E-state index >= 15 is 0 Å². The van der Waals surface area contributed by atoms with Gasteiger partial charge in [-0.05, 0) is 56.5 Å². The standard InChI is InChI=1S/C20H32N4O3/c1-3-21-20(22-13-16-6-8-24(9-7-16)10-11-25-2)23-14-17-4-5-18-19(12-17)27-15-26-18/h4-5,12,16H,3,6-11,13-15H2,1-2H3,(H2,21,22,23). The van der Waals surface area contributed by atoms with Crippen molar-refractivity contribution in [3.63, 3.8) is 0 Å². The molecule has 7 heteroatoms. The zero-order valence-corrected chi connectivity index (χ0v) is 16.5. The minimum Gasteiger partial charge on any atom is -0.454 e. The van der Waals surface area contributed by atoms with Gasteiger partial charge in [0.25, 0.3) is 0 Å². The smallest absolute Gasteiger partial charge is 0.231 e. The van der Waals surface area contributed by atoms with Crippen molar-refractivity contribution in [1.82, 2.24) is 15.5 Å². The zero-order valence-electron chi connectivity index (χ0n) is 16.5. The number of aliphatic imine (C=N–C) groups is 1. The maximum absolute atomic E-state index is 5.44. The second-order valence-corrected chi connectivity index (χ2v) is 7.04. The quantitative estimate of drug-likeness (QED) is 0.533. The molecule has 0 radical (unpaired) electrons. The van der Waals surface area contributed by atoms with E-state index in [1.54, 1.807) is 7.11 Å². The summed E-state index contributed by atoms with van der Waals surface area (Å²) in [5, 5.41) is 6.85. The highest BCUT2D eigenvalue weighted by Gasteiger charge is 2.19. The van der Waals surface area contributed by atoms with Gasteiger partial charge in [0.15, 0.2) is 17.5 Å². The molecular weight excluding hydrogens is 344 g/mol. The van der Waals surface area contributed by atoms with E-state index in [9.17, 15) is 0 Å². The minimum absolute atomic E-state index is 0.302. The Labute approximate surface area is 162 Å². The maximum atomic E-state index is 5.44. The van der Waals surface area contributed by atoms with E-state index in [-0.39, 0.29) is 0 Å². The van der Waals surface area contributed by atoms with E-state index in [1.165, 1.54) is 12.8 Å². The summed E-state index contributed by atoms with van der Waals surface area (Å²) in [6.07, 6.45) is 2.44. The first kappa shape index (κ1) is 19.8. The minimum atomic E-state index is 0.302. The van der Waals surface area contributed by atoms with Crippen LogP contribution in [0.25, 0.3) is 0 Å². The number of likely N-dealkylation sites (tertiary alicyclic amines) is 1. The van der Waals surface area contributed by atoms with E-state index in [0.29, 0.717) is 19.3 Å². The molecule has 1 aromatic rings. The van der Waals surface area contributed by atoms with Gasteiger partial charge in [0.1, 0.15) is 0 Å². The third-order valence-electron chi connectivity index (χ3n) is 5.08. The number of methoxy groups -OCH3 is 1. The molecule has 0 bridgehead atoms. The summed E-state index contributed by atoms with van der Waals surface area (Å²) in [5.41, 5.74) is 1.11. The fourth-order valence-corrected chi connectivity index (χ4v) is 3.43. The Morgan fingerprint density at radius 3 is 2.81 bits per heavy atom. The van der Waals surface area contributed by atoms with E-state index in [1.807, 2.05) is 18.2 Å². The zero-order chi connectivity index (χ0) is 18.9. The lowest BCUT2D eigenvalue weighted by molar-refractivity contribution is 0.121. The first-order chi connectivity index (χ1) is 13.3. The molecule has 150 valence electrons. The molecule has 1 aromatic carbocycles. The predicted octanol–water partition coefficient (Wildman–Crippen LogP) is 1.83. The van der Waals surface area contributed by atoms with Crippen molar-refractivity contribution in [1.29, 1.82) is 0 Å². The Balaban J connectivity index is 1.45. The Morgan fingerprint density at radius 1 is 1.22 bits per heavy atom. The van der Waals surface area contributed by atoms with Gasteiger partial charge in [-0.2, -0.15) is 0 Å². The first-order valence-electron chi connectivity index (χ1n) is 9.90. The van der Waals surface area contributed by atoms with Gasteiger partial charge in [0.05, 0.1) is 13.2 Å². The molecule has 0 unspecified atom stereocenters. The Morgan fingerprint density at radius 2 is 2.04 bits per heavy atom. The van der Waals surface area contributed by atoms with Crippen LogP contribution >= 0.6 is 0 Å². The van der Waals surface area contributed by atoms with E-state index < -0.39 is 0 Å². The number of ether oxygens (including phenoxy) is 3. The van der Waals surface area contributed by atoms with Crippen molar-refractivity contribution in [2.45, 2.75) is 26.3 Å². The number of hydrogen-bond acceptors (Lipinski definition) is 5. The van der Waals surface area contributed by atoms with Crippen molar-refractivity contribution in [2.75, 3.05) is 53.2 Å². The third kappa shape index (κ3) is 6.01. The van der Waals surface area contributed by atoms with Crippen molar-refractivity contribution < 1.29 is 14.2 Å². The SMILES string of the molecule is CCNC(=NCc1ccc2c(c1)OCO2)NCC1CCN(CCOC)CC1. The summed E-state index contributed by atoms with van der Waals surface area (Å²) >= 11 is 0. The van der Waals surface area contributed by atoms with Gasteiger partial charge in [0.2, 0.25) is 6.79 Å². The molecule has 3 rings (SSSR count). The monoisotopic (exact) mass is 376 g/mol. The highest BCUT2D eigenvalue weighted by Crippen LogP contribution is 2.32. The molecular formula is C20H32N4O3. The molecule has 2 heterocycles. The van der Waals surface area contributed by atoms with E-state index in [0.717, 1.165) is 62.4 Å². The van der Waals surface area contributed by atoms with Crippen molar-refractivity contribution in [3.8, 4) is 11.5 Å². The molecule has 0 saturated carbocycles. The van der Waals surface area contributed by atoms with Crippen molar-refractivity contribution >= 4 is 5.96 Å². The maximum Gasteiger partial charge on any atom is 0.231 e. The number of fused-ring (bicyclic) bond motifs is 1. The Kier molecular flexibility index (Phi) is 7.59. The van der Waals surface area contributed by atoms with Crippen LogP contribution in [-0.4, -0.2) is 64.1 Å². The number of piperidine rings is 1. The molecule has 0 aromatic heterocycles. The lowest BCUT2D eigenvalue weighted by atomic mass is 9.97. The molecule has 0 amide bonds. The highest BCUT2D eigenvalue weighted by molar-refractivity contribution is 5.79. The van der Waals surface area contributed by atoms with Gasteiger partial charge in [-0.3, -0.25) is 0 Å². The number of benzene rings is 1. The normalized spacial score (nSPS) is 17.9. The van der Waals surface area contributed by atoms with Crippen LogP contribution in [0.3, 0.4) is 0 Å². The average molecular weight is 377 g/mol. The number of guanidine groups is 1.